The minimum Gasteiger partial charge on any atom is -0.417 e. The van der Waals surface area contributed by atoms with E-state index in [4.69, 9.17) is 4.43 Å². The predicted octanol–water partition coefficient (Wildman–Crippen LogP) is 6.93. The lowest BCUT2D eigenvalue weighted by atomic mass is 10.1. The quantitative estimate of drug-likeness (QED) is 0.235. The van der Waals surface area contributed by atoms with Gasteiger partial charge < -0.3 is 4.43 Å². The van der Waals surface area contributed by atoms with Crippen LogP contribution in [-0.2, 0) is 4.43 Å². The van der Waals surface area contributed by atoms with Gasteiger partial charge in [0.05, 0.1) is 0 Å². The molecular weight excluding hydrogens is 260 g/mol. The summed E-state index contributed by atoms with van der Waals surface area (Å²) in [7, 11) is -1.35. The maximum atomic E-state index is 6.20. The van der Waals surface area contributed by atoms with Gasteiger partial charge in [-0.1, -0.05) is 84.5 Å². The Morgan fingerprint density at radius 1 is 0.600 bits per heavy atom. The fourth-order valence-electron chi connectivity index (χ4n) is 2.63. The third-order valence-corrected chi connectivity index (χ3v) is 6.67. The molecule has 0 aromatic carbocycles. The van der Waals surface area contributed by atoms with Crippen molar-refractivity contribution in [3.63, 3.8) is 0 Å². The van der Waals surface area contributed by atoms with Crippen LogP contribution in [0.5, 0.6) is 0 Å². The Morgan fingerprint density at radius 3 is 1.60 bits per heavy atom. The van der Waals surface area contributed by atoms with Crippen molar-refractivity contribution in [3.8, 4) is 0 Å². The van der Waals surface area contributed by atoms with Gasteiger partial charge in [-0.15, -0.1) is 0 Å². The topological polar surface area (TPSA) is 9.23 Å². The Hall–Kier alpha value is 0.177. The summed E-state index contributed by atoms with van der Waals surface area (Å²) >= 11 is 0. The summed E-state index contributed by atoms with van der Waals surface area (Å²) < 4.78 is 6.20. The molecule has 0 radical (unpaired) electrons. The Bertz CT molecular complexity index is 192. The maximum Gasteiger partial charge on any atom is 0.186 e. The Balaban J connectivity index is 3.35. The van der Waals surface area contributed by atoms with Crippen molar-refractivity contribution in [1.82, 2.24) is 0 Å². The normalized spacial score (nSPS) is 12.0. The van der Waals surface area contributed by atoms with Gasteiger partial charge in [0.2, 0.25) is 0 Å². The molecule has 0 bridgehead atoms. The standard InChI is InChI=1S/C18H40OSi/c1-5-7-9-11-13-15-17-19-20(3,4)18-16-14-12-10-8-6-2/h5-18H2,1-4H3. The smallest absolute Gasteiger partial charge is 0.186 e. The summed E-state index contributed by atoms with van der Waals surface area (Å²) in [5.41, 5.74) is 0. The molecule has 2 heteroatoms. The van der Waals surface area contributed by atoms with Crippen molar-refractivity contribution < 1.29 is 4.43 Å². The molecule has 1 nitrogen and oxygen atoms in total. The fourth-order valence-corrected chi connectivity index (χ4v) is 4.58. The van der Waals surface area contributed by atoms with Gasteiger partial charge in [0.1, 0.15) is 0 Å². The second kappa shape index (κ2) is 14.1. The van der Waals surface area contributed by atoms with Crippen molar-refractivity contribution in [2.24, 2.45) is 0 Å². The van der Waals surface area contributed by atoms with Gasteiger partial charge in [-0.2, -0.15) is 0 Å². The molecule has 0 aliphatic heterocycles. The van der Waals surface area contributed by atoms with Crippen LogP contribution in [0.4, 0.5) is 0 Å². The van der Waals surface area contributed by atoms with Crippen LogP contribution in [0.25, 0.3) is 0 Å². The lowest BCUT2D eigenvalue weighted by Gasteiger charge is -2.22. The van der Waals surface area contributed by atoms with Gasteiger partial charge in [0.15, 0.2) is 8.32 Å². The molecule has 0 heterocycles. The van der Waals surface area contributed by atoms with Crippen molar-refractivity contribution in [3.05, 3.63) is 0 Å². The minimum absolute atomic E-state index is 1.02. The largest absolute Gasteiger partial charge is 0.417 e. The van der Waals surface area contributed by atoms with E-state index >= 15 is 0 Å². The highest BCUT2D eigenvalue weighted by Crippen LogP contribution is 2.18. The average Bonchev–Trinajstić information content (AvgIpc) is 2.41. The number of unbranched alkanes of at least 4 members (excludes halogenated alkanes) is 10. The Morgan fingerprint density at radius 2 is 1.05 bits per heavy atom. The molecule has 0 aromatic heterocycles. The van der Waals surface area contributed by atoms with Crippen LogP contribution in [0.1, 0.15) is 90.9 Å². The molecule has 20 heavy (non-hydrogen) atoms. The molecule has 0 aliphatic rings. The van der Waals surface area contributed by atoms with Gasteiger partial charge in [-0.25, -0.2) is 0 Å². The lowest BCUT2D eigenvalue weighted by Crippen LogP contribution is -2.30. The van der Waals surface area contributed by atoms with E-state index in [1.165, 1.54) is 83.1 Å². The summed E-state index contributed by atoms with van der Waals surface area (Å²) in [6, 6.07) is 1.36. The molecule has 0 spiro atoms. The average molecular weight is 301 g/mol. The van der Waals surface area contributed by atoms with Gasteiger partial charge in [-0.3, -0.25) is 0 Å². The van der Waals surface area contributed by atoms with Gasteiger partial charge in [-0.05, 0) is 25.6 Å². The first-order valence-corrected chi connectivity index (χ1v) is 12.4. The van der Waals surface area contributed by atoms with E-state index in [9.17, 15) is 0 Å². The Kier molecular flexibility index (Phi) is 14.3. The zero-order valence-corrected chi connectivity index (χ0v) is 15.8. The van der Waals surface area contributed by atoms with Crippen molar-refractivity contribution >= 4 is 8.32 Å². The molecule has 0 aromatic rings. The maximum absolute atomic E-state index is 6.20. The fraction of sp³-hybridized carbons (Fsp3) is 1.00. The third kappa shape index (κ3) is 14.6. The van der Waals surface area contributed by atoms with E-state index < -0.39 is 8.32 Å². The zero-order chi connectivity index (χ0) is 15.1. The first kappa shape index (κ1) is 20.2. The van der Waals surface area contributed by atoms with Crippen LogP contribution >= 0.6 is 0 Å². The van der Waals surface area contributed by atoms with Crippen LogP contribution in [0.2, 0.25) is 19.1 Å². The van der Waals surface area contributed by atoms with Crippen LogP contribution in [-0.4, -0.2) is 14.9 Å². The highest BCUT2D eigenvalue weighted by Gasteiger charge is 2.21. The highest BCUT2D eigenvalue weighted by molar-refractivity contribution is 6.71. The number of hydrogen-bond donors (Lipinski definition) is 0. The minimum atomic E-state index is -1.35. The first-order valence-electron chi connectivity index (χ1n) is 9.26. The summed E-state index contributed by atoms with van der Waals surface area (Å²) in [6.07, 6.45) is 16.6. The first-order chi connectivity index (χ1) is 9.62. The van der Waals surface area contributed by atoms with Crippen LogP contribution in [0, 0.1) is 0 Å². The second-order valence-corrected chi connectivity index (χ2v) is 11.2. The molecule has 0 rings (SSSR count). The van der Waals surface area contributed by atoms with Gasteiger partial charge >= 0.3 is 0 Å². The number of rotatable bonds is 15. The highest BCUT2D eigenvalue weighted by atomic mass is 28.4. The number of hydrogen-bond acceptors (Lipinski definition) is 1. The molecule has 0 amide bonds. The van der Waals surface area contributed by atoms with Crippen LogP contribution in [0.3, 0.4) is 0 Å². The van der Waals surface area contributed by atoms with E-state index in [1.807, 2.05) is 0 Å². The van der Waals surface area contributed by atoms with Crippen molar-refractivity contribution in [2.45, 2.75) is 110 Å². The van der Waals surface area contributed by atoms with Crippen molar-refractivity contribution in [2.75, 3.05) is 6.61 Å². The molecule has 0 aliphatic carbocycles. The van der Waals surface area contributed by atoms with Crippen molar-refractivity contribution in [1.29, 1.82) is 0 Å². The third-order valence-electron chi connectivity index (χ3n) is 4.12. The van der Waals surface area contributed by atoms with E-state index in [-0.39, 0.29) is 0 Å². The second-order valence-electron chi connectivity index (χ2n) is 6.89. The van der Waals surface area contributed by atoms with Crippen LogP contribution < -0.4 is 0 Å². The summed E-state index contributed by atoms with van der Waals surface area (Å²) in [5.74, 6) is 0. The van der Waals surface area contributed by atoms with Gasteiger partial charge in [0.25, 0.3) is 0 Å². The Labute approximate surface area is 130 Å². The van der Waals surface area contributed by atoms with E-state index in [0.717, 1.165) is 6.61 Å². The zero-order valence-electron chi connectivity index (χ0n) is 14.8. The summed E-state index contributed by atoms with van der Waals surface area (Å²) in [4.78, 5) is 0. The molecule has 0 saturated heterocycles. The molecule has 0 unspecified atom stereocenters. The molecule has 0 atom stereocenters. The van der Waals surface area contributed by atoms with Crippen LogP contribution in [0.15, 0.2) is 0 Å². The van der Waals surface area contributed by atoms with E-state index in [1.54, 1.807) is 0 Å². The summed E-state index contributed by atoms with van der Waals surface area (Å²) in [5, 5.41) is 0. The molecular formula is C18H40OSi. The summed E-state index contributed by atoms with van der Waals surface area (Å²) in [6.45, 7) is 10.4. The van der Waals surface area contributed by atoms with E-state index in [0.29, 0.717) is 0 Å². The SMILES string of the molecule is CCCCCCCCO[Si](C)(C)CCCCCCCC. The monoisotopic (exact) mass is 300 g/mol. The molecule has 0 saturated carbocycles. The molecule has 0 N–H and O–H groups in total. The lowest BCUT2D eigenvalue weighted by molar-refractivity contribution is 0.293. The molecule has 0 fully saturated rings. The van der Waals surface area contributed by atoms with E-state index in [2.05, 4.69) is 26.9 Å². The van der Waals surface area contributed by atoms with Gasteiger partial charge in [0, 0.05) is 6.61 Å². The predicted molar refractivity (Wildman–Crippen MR) is 95.0 cm³/mol. The molecule has 122 valence electrons.